The van der Waals surface area contributed by atoms with E-state index >= 15 is 0 Å². The number of fused-ring (bicyclic) bond motifs is 1. The van der Waals surface area contributed by atoms with Crippen LogP contribution in [0, 0.1) is 0 Å². The van der Waals surface area contributed by atoms with Gasteiger partial charge in [0.1, 0.15) is 0 Å². The van der Waals surface area contributed by atoms with Gasteiger partial charge in [0.15, 0.2) is 5.43 Å². The zero-order valence-corrected chi connectivity index (χ0v) is 11.0. The summed E-state index contributed by atoms with van der Waals surface area (Å²) in [4.78, 5) is 13.3. The molecule has 94 valence electrons. The molecule has 0 saturated heterocycles. The molecule has 0 bridgehead atoms. The van der Waals surface area contributed by atoms with Crippen molar-refractivity contribution >= 4 is 21.4 Å². The minimum Gasteiger partial charge on any atom is -0.391 e. The standard InChI is InChI=1S/C16H12O2S/c17-10-13-15(18)12-8-4-5-9-14(12)19-16(13)11-6-2-1-3-7-11/h1-9,17H,10H2. The fraction of sp³-hybridized carbons (Fsp3) is 0.0625. The molecule has 0 unspecified atom stereocenters. The average molecular weight is 268 g/mol. The molecule has 0 amide bonds. The molecule has 1 N–H and O–H groups in total. The second-order valence-corrected chi connectivity index (χ2v) is 5.31. The smallest absolute Gasteiger partial charge is 0.194 e. The molecule has 19 heavy (non-hydrogen) atoms. The van der Waals surface area contributed by atoms with E-state index in [4.69, 9.17) is 0 Å². The Labute approximate surface area is 114 Å². The predicted molar refractivity (Wildman–Crippen MR) is 79.5 cm³/mol. The van der Waals surface area contributed by atoms with Crippen molar-refractivity contribution in [2.45, 2.75) is 6.61 Å². The van der Waals surface area contributed by atoms with E-state index < -0.39 is 0 Å². The van der Waals surface area contributed by atoms with E-state index in [9.17, 15) is 9.90 Å². The molecule has 0 saturated carbocycles. The SMILES string of the molecule is O=c1c(CO)c(-c2ccccc2)sc2ccccc12. The van der Waals surface area contributed by atoms with Crippen LogP contribution in [-0.2, 0) is 6.61 Å². The van der Waals surface area contributed by atoms with Crippen LogP contribution in [0.3, 0.4) is 0 Å². The maximum atomic E-state index is 12.4. The summed E-state index contributed by atoms with van der Waals surface area (Å²) in [5.41, 5.74) is 1.38. The molecule has 3 heteroatoms. The van der Waals surface area contributed by atoms with Gasteiger partial charge in [-0.05, 0) is 17.7 Å². The van der Waals surface area contributed by atoms with E-state index in [1.807, 2.05) is 54.6 Å². The summed E-state index contributed by atoms with van der Waals surface area (Å²) in [6.45, 7) is -0.232. The van der Waals surface area contributed by atoms with Gasteiger partial charge in [0.25, 0.3) is 0 Å². The average Bonchev–Trinajstić information content (AvgIpc) is 2.48. The van der Waals surface area contributed by atoms with Gasteiger partial charge in [-0.25, -0.2) is 0 Å². The summed E-state index contributed by atoms with van der Waals surface area (Å²) in [6, 6.07) is 17.2. The van der Waals surface area contributed by atoms with Gasteiger partial charge in [-0.2, -0.15) is 0 Å². The number of hydrogen-bond acceptors (Lipinski definition) is 3. The second-order valence-electron chi connectivity index (χ2n) is 4.26. The zero-order valence-electron chi connectivity index (χ0n) is 10.2. The maximum absolute atomic E-state index is 12.4. The van der Waals surface area contributed by atoms with Gasteiger partial charge in [-0.3, -0.25) is 4.79 Å². The Kier molecular flexibility index (Phi) is 3.15. The lowest BCUT2D eigenvalue weighted by Gasteiger charge is -2.08. The quantitative estimate of drug-likeness (QED) is 0.773. The van der Waals surface area contributed by atoms with Crippen molar-refractivity contribution in [3.05, 3.63) is 70.4 Å². The first-order chi connectivity index (χ1) is 9.31. The topological polar surface area (TPSA) is 37.3 Å². The monoisotopic (exact) mass is 268 g/mol. The van der Waals surface area contributed by atoms with E-state index in [0.29, 0.717) is 10.9 Å². The number of aliphatic hydroxyl groups is 1. The van der Waals surface area contributed by atoms with Crippen LogP contribution in [0.1, 0.15) is 5.56 Å². The van der Waals surface area contributed by atoms with Crippen molar-refractivity contribution < 1.29 is 5.11 Å². The first kappa shape index (κ1) is 12.1. The number of hydrogen-bond donors (Lipinski definition) is 1. The number of benzene rings is 2. The maximum Gasteiger partial charge on any atom is 0.194 e. The third-order valence-electron chi connectivity index (χ3n) is 3.09. The highest BCUT2D eigenvalue weighted by atomic mass is 32.1. The summed E-state index contributed by atoms with van der Waals surface area (Å²) >= 11 is 1.55. The first-order valence-corrected chi connectivity index (χ1v) is 6.84. The summed E-state index contributed by atoms with van der Waals surface area (Å²) in [5, 5.41) is 10.2. The zero-order chi connectivity index (χ0) is 13.2. The van der Waals surface area contributed by atoms with Crippen LogP contribution in [0.5, 0.6) is 0 Å². The minimum atomic E-state index is -0.232. The van der Waals surface area contributed by atoms with Crippen LogP contribution in [0.2, 0.25) is 0 Å². The Bertz CT molecular complexity index is 776. The molecule has 2 nitrogen and oxygen atoms in total. The molecule has 1 aromatic heterocycles. The molecule has 2 aromatic carbocycles. The third-order valence-corrected chi connectivity index (χ3v) is 4.35. The Morgan fingerprint density at radius 1 is 0.947 bits per heavy atom. The molecule has 0 atom stereocenters. The van der Waals surface area contributed by atoms with Crippen molar-refractivity contribution in [1.82, 2.24) is 0 Å². The lowest BCUT2D eigenvalue weighted by Crippen LogP contribution is -2.09. The van der Waals surface area contributed by atoms with Gasteiger partial charge in [-0.15, -0.1) is 11.3 Å². The van der Waals surface area contributed by atoms with Crippen molar-refractivity contribution in [3.63, 3.8) is 0 Å². The van der Waals surface area contributed by atoms with Crippen LogP contribution in [-0.4, -0.2) is 5.11 Å². The van der Waals surface area contributed by atoms with Crippen LogP contribution in [0.4, 0.5) is 0 Å². The Morgan fingerprint density at radius 3 is 2.37 bits per heavy atom. The van der Waals surface area contributed by atoms with Crippen molar-refractivity contribution in [2.24, 2.45) is 0 Å². The molecule has 3 aromatic rings. The molecule has 0 aliphatic rings. The van der Waals surface area contributed by atoms with Crippen LogP contribution in [0.15, 0.2) is 59.4 Å². The molecule has 0 radical (unpaired) electrons. The van der Waals surface area contributed by atoms with Gasteiger partial charge in [0, 0.05) is 20.5 Å². The third kappa shape index (κ3) is 2.07. The van der Waals surface area contributed by atoms with Crippen LogP contribution < -0.4 is 5.43 Å². The van der Waals surface area contributed by atoms with Crippen molar-refractivity contribution in [3.8, 4) is 10.4 Å². The largest absolute Gasteiger partial charge is 0.391 e. The Balaban J connectivity index is 2.39. The lowest BCUT2D eigenvalue weighted by molar-refractivity contribution is 0.282. The van der Waals surface area contributed by atoms with E-state index in [-0.39, 0.29) is 12.0 Å². The highest BCUT2D eigenvalue weighted by molar-refractivity contribution is 7.21. The Morgan fingerprint density at radius 2 is 1.63 bits per heavy atom. The van der Waals surface area contributed by atoms with Crippen molar-refractivity contribution in [2.75, 3.05) is 0 Å². The molecule has 0 fully saturated rings. The molecule has 1 heterocycles. The highest BCUT2D eigenvalue weighted by Gasteiger charge is 2.12. The van der Waals surface area contributed by atoms with E-state index in [1.54, 1.807) is 11.3 Å². The summed E-state index contributed by atoms with van der Waals surface area (Å²) < 4.78 is 0.948. The number of rotatable bonds is 2. The van der Waals surface area contributed by atoms with E-state index in [2.05, 4.69) is 0 Å². The molecule has 0 aliphatic carbocycles. The highest BCUT2D eigenvalue weighted by Crippen LogP contribution is 2.31. The van der Waals surface area contributed by atoms with Crippen LogP contribution in [0.25, 0.3) is 20.5 Å². The predicted octanol–water partition coefficient (Wildman–Crippen LogP) is 3.42. The lowest BCUT2D eigenvalue weighted by atomic mass is 10.1. The van der Waals surface area contributed by atoms with Gasteiger partial charge >= 0.3 is 0 Å². The first-order valence-electron chi connectivity index (χ1n) is 6.02. The van der Waals surface area contributed by atoms with Gasteiger partial charge in [0.05, 0.1) is 6.61 Å². The van der Waals surface area contributed by atoms with E-state index in [1.165, 1.54) is 0 Å². The fourth-order valence-corrected chi connectivity index (χ4v) is 3.32. The van der Waals surface area contributed by atoms with Crippen LogP contribution >= 0.6 is 11.3 Å². The second kappa shape index (κ2) is 4.96. The van der Waals surface area contributed by atoms with Gasteiger partial charge in [0.2, 0.25) is 0 Å². The summed E-state index contributed by atoms with van der Waals surface area (Å²) in [7, 11) is 0. The normalized spacial score (nSPS) is 10.8. The Hall–Kier alpha value is -1.97. The summed E-state index contributed by atoms with van der Waals surface area (Å²) in [6.07, 6.45) is 0. The van der Waals surface area contributed by atoms with Gasteiger partial charge < -0.3 is 5.11 Å². The molecule has 0 aliphatic heterocycles. The van der Waals surface area contributed by atoms with Crippen molar-refractivity contribution in [1.29, 1.82) is 0 Å². The number of aliphatic hydroxyl groups excluding tert-OH is 1. The molecular weight excluding hydrogens is 256 g/mol. The van der Waals surface area contributed by atoms with E-state index in [0.717, 1.165) is 15.1 Å². The van der Waals surface area contributed by atoms with Gasteiger partial charge in [-0.1, -0.05) is 42.5 Å². The molecule has 3 rings (SSSR count). The molecular formula is C16H12O2S. The molecule has 0 spiro atoms. The fourth-order valence-electron chi connectivity index (χ4n) is 2.15. The minimum absolute atomic E-state index is 0.0734. The summed E-state index contributed by atoms with van der Waals surface area (Å²) in [5.74, 6) is 0.